The summed E-state index contributed by atoms with van der Waals surface area (Å²) >= 11 is 0. The summed E-state index contributed by atoms with van der Waals surface area (Å²) in [7, 11) is 1.31. The molecule has 0 radical (unpaired) electrons. The fraction of sp³-hybridized carbons (Fsp3) is 0.200. The minimum Gasteiger partial charge on any atom is -0.468 e. The van der Waals surface area contributed by atoms with E-state index in [1.165, 1.54) is 7.11 Å². The number of benzene rings is 1. The van der Waals surface area contributed by atoms with E-state index in [1.807, 2.05) is 30.3 Å². The second kappa shape index (κ2) is 6.30. The topological polar surface area (TPSA) is 119 Å². The Labute approximate surface area is 132 Å². The summed E-state index contributed by atoms with van der Waals surface area (Å²) in [4.78, 5) is 27.1. The average molecular weight is 312 g/mol. The van der Waals surface area contributed by atoms with Gasteiger partial charge in [-0.05, 0) is 5.56 Å². The van der Waals surface area contributed by atoms with Crippen LogP contribution >= 0.6 is 0 Å². The molecule has 118 valence electrons. The number of hydrogen-bond donors (Lipinski definition) is 3. The van der Waals surface area contributed by atoms with E-state index in [2.05, 4.69) is 30.0 Å². The first-order chi connectivity index (χ1) is 11.2. The van der Waals surface area contributed by atoms with Crippen LogP contribution in [0.2, 0.25) is 0 Å². The maximum absolute atomic E-state index is 11.1. The van der Waals surface area contributed by atoms with E-state index in [0.29, 0.717) is 17.6 Å². The van der Waals surface area contributed by atoms with E-state index in [0.717, 1.165) is 11.4 Å². The van der Waals surface area contributed by atoms with Crippen LogP contribution < -0.4 is 11.1 Å². The van der Waals surface area contributed by atoms with Gasteiger partial charge >= 0.3 is 5.97 Å². The SMILES string of the molecule is COC(=O)CNc1nc(N)c2[nH]c(Cc3ccccc3)nc2n1. The predicted molar refractivity (Wildman–Crippen MR) is 85.8 cm³/mol. The van der Waals surface area contributed by atoms with Crippen molar-refractivity contribution in [1.82, 2.24) is 19.9 Å². The molecule has 0 amide bonds. The number of carbonyl (C=O) groups is 1. The molecule has 2 aromatic heterocycles. The average Bonchev–Trinajstić information content (AvgIpc) is 2.96. The number of carbonyl (C=O) groups excluding carboxylic acids is 1. The smallest absolute Gasteiger partial charge is 0.325 e. The highest BCUT2D eigenvalue weighted by molar-refractivity contribution is 5.83. The number of rotatable bonds is 5. The second-order valence-corrected chi connectivity index (χ2v) is 4.91. The molecule has 8 heteroatoms. The number of nitrogens with two attached hydrogens (primary N) is 1. The van der Waals surface area contributed by atoms with Crippen LogP contribution in [0.1, 0.15) is 11.4 Å². The fourth-order valence-electron chi connectivity index (χ4n) is 2.14. The van der Waals surface area contributed by atoms with Crippen LogP contribution in [0.4, 0.5) is 11.8 Å². The number of imidazole rings is 1. The normalized spacial score (nSPS) is 10.7. The number of nitrogen functional groups attached to an aromatic ring is 1. The Bertz CT molecular complexity index is 831. The van der Waals surface area contributed by atoms with E-state index < -0.39 is 5.97 Å². The third kappa shape index (κ3) is 3.37. The van der Waals surface area contributed by atoms with E-state index in [1.54, 1.807) is 0 Å². The zero-order valence-electron chi connectivity index (χ0n) is 12.5. The summed E-state index contributed by atoms with van der Waals surface area (Å²) in [6.45, 7) is -0.0389. The summed E-state index contributed by atoms with van der Waals surface area (Å²) in [5.41, 5.74) is 8.09. The van der Waals surface area contributed by atoms with Gasteiger partial charge in [0.25, 0.3) is 0 Å². The van der Waals surface area contributed by atoms with Crippen LogP contribution in [0, 0.1) is 0 Å². The maximum atomic E-state index is 11.1. The molecule has 0 aliphatic carbocycles. The van der Waals surface area contributed by atoms with Crippen molar-refractivity contribution in [1.29, 1.82) is 0 Å². The summed E-state index contributed by atoms with van der Waals surface area (Å²) in [5.74, 6) is 0.837. The lowest BCUT2D eigenvalue weighted by molar-refractivity contribution is -0.138. The summed E-state index contributed by atoms with van der Waals surface area (Å²) in [5, 5.41) is 2.76. The first kappa shape index (κ1) is 14.8. The number of nitrogens with one attached hydrogen (secondary N) is 2. The van der Waals surface area contributed by atoms with E-state index in [-0.39, 0.29) is 18.3 Å². The number of methoxy groups -OCH3 is 1. The highest BCUT2D eigenvalue weighted by Crippen LogP contribution is 2.18. The molecule has 23 heavy (non-hydrogen) atoms. The van der Waals surface area contributed by atoms with Crippen molar-refractivity contribution < 1.29 is 9.53 Å². The van der Waals surface area contributed by atoms with Crippen molar-refractivity contribution >= 4 is 28.9 Å². The van der Waals surface area contributed by atoms with Gasteiger partial charge < -0.3 is 20.8 Å². The molecule has 8 nitrogen and oxygen atoms in total. The Morgan fingerprint density at radius 3 is 2.78 bits per heavy atom. The number of ether oxygens (including phenoxy) is 1. The summed E-state index contributed by atoms with van der Waals surface area (Å²) < 4.78 is 4.55. The molecular formula is C15H16N6O2. The van der Waals surface area contributed by atoms with Gasteiger partial charge in [0, 0.05) is 6.42 Å². The van der Waals surface area contributed by atoms with Crippen molar-refractivity contribution in [2.45, 2.75) is 6.42 Å². The van der Waals surface area contributed by atoms with Crippen LogP contribution in [-0.2, 0) is 16.0 Å². The Kier molecular flexibility index (Phi) is 4.05. The Morgan fingerprint density at radius 1 is 1.26 bits per heavy atom. The molecule has 0 atom stereocenters. The molecule has 2 heterocycles. The van der Waals surface area contributed by atoms with Crippen molar-refractivity contribution in [2.24, 2.45) is 0 Å². The monoisotopic (exact) mass is 312 g/mol. The molecule has 4 N–H and O–H groups in total. The van der Waals surface area contributed by atoms with Gasteiger partial charge in [0.1, 0.15) is 17.9 Å². The minimum atomic E-state index is -0.418. The molecule has 0 aliphatic heterocycles. The number of nitrogens with zero attached hydrogens (tertiary/aromatic N) is 3. The lowest BCUT2D eigenvalue weighted by Gasteiger charge is -2.03. The largest absolute Gasteiger partial charge is 0.468 e. The first-order valence-electron chi connectivity index (χ1n) is 7.02. The molecule has 0 aliphatic rings. The van der Waals surface area contributed by atoms with Gasteiger partial charge in [-0.1, -0.05) is 30.3 Å². The molecule has 1 aromatic carbocycles. The Balaban J connectivity index is 1.84. The van der Waals surface area contributed by atoms with Gasteiger partial charge in [0.15, 0.2) is 11.5 Å². The number of anilines is 2. The Morgan fingerprint density at radius 2 is 2.04 bits per heavy atom. The van der Waals surface area contributed by atoms with Crippen molar-refractivity contribution in [3.63, 3.8) is 0 Å². The van der Waals surface area contributed by atoms with Gasteiger partial charge in [-0.15, -0.1) is 0 Å². The minimum absolute atomic E-state index is 0.0389. The number of fused-ring (bicyclic) bond motifs is 1. The molecule has 0 spiro atoms. The molecule has 0 unspecified atom stereocenters. The molecule has 0 bridgehead atoms. The molecule has 0 saturated carbocycles. The zero-order valence-corrected chi connectivity index (χ0v) is 12.5. The molecule has 0 saturated heterocycles. The quantitative estimate of drug-likeness (QED) is 0.604. The van der Waals surface area contributed by atoms with Crippen molar-refractivity contribution in [3.05, 3.63) is 41.7 Å². The fourth-order valence-corrected chi connectivity index (χ4v) is 2.14. The van der Waals surface area contributed by atoms with Gasteiger partial charge in [-0.2, -0.15) is 9.97 Å². The number of hydrogen-bond acceptors (Lipinski definition) is 7. The van der Waals surface area contributed by atoms with Crippen molar-refractivity contribution in [3.8, 4) is 0 Å². The van der Waals surface area contributed by atoms with Gasteiger partial charge in [-0.3, -0.25) is 4.79 Å². The summed E-state index contributed by atoms with van der Waals surface area (Å²) in [6.07, 6.45) is 0.640. The third-order valence-electron chi connectivity index (χ3n) is 3.26. The van der Waals surface area contributed by atoms with Crippen molar-refractivity contribution in [2.75, 3.05) is 24.7 Å². The highest BCUT2D eigenvalue weighted by Gasteiger charge is 2.12. The number of aromatic nitrogens is 4. The van der Waals surface area contributed by atoms with E-state index >= 15 is 0 Å². The zero-order chi connectivity index (χ0) is 16.2. The predicted octanol–water partition coefficient (Wildman–Crippen LogP) is 1.11. The molecule has 3 rings (SSSR count). The molecule has 3 aromatic rings. The van der Waals surface area contributed by atoms with E-state index in [9.17, 15) is 4.79 Å². The van der Waals surface area contributed by atoms with Gasteiger partial charge in [-0.25, -0.2) is 4.98 Å². The van der Waals surface area contributed by atoms with Crippen LogP contribution in [-0.4, -0.2) is 39.6 Å². The van der Waals surface area contributed by atoms with Gasteiger partial charge in [0.05, 0.1) is 7.11 Å². The van der Waals surface area contributed by atoms with Gasteiger partial charge in [0.2, 0.25) is 5.95 Å². The van der Waals surface area contributed by atoms with E-state index in [4.69, 9.17) is 5.73 Å². The van der Waals surface area contributed by atoms with Crippen LogP contribution in [0.15, 0.2) is 30.3 Å². The number of esters is 1. The second-order valence-electron chi connectivity index (χ2n) is 4.91. The highest BCUT2D eigenvalue weighted by atomic mass is 16.5. The molecule has 0 fully saturated rings. The molecular weight excluding hydrogens is 296 g/mol. The first-order valence-corrected chi connectivity index (χ1v) is 7.02. The third-order valence-corrected chi connectivity index (χ3v) is 3.26. The Hall–Kier alpha value is -3.16. The standard InChI is InChI=1S/C15H16N6O2/c1-23-11(22)8-17-15-20-13(16)12-14(21-15)19-10(18-12)7-9-5-3-2-4-6-9/h2-6H,7-8H2,1H3,(H4,16,17,18,19,20,21). The maximum Gasteiger partial charge on any atom is 0.325 e. The number of H-pyrrole nitrogens is 1. The van der Waals surface area contributed by atoms with Crippen LogP contribution in [0.5, 0.6) is 0 Å². The lowest BCUT2D eigenvalue weighted by atomic mass is 10.1. The van der Waals surface area contributed by atoms with Crippen LogP contribution in [0.3, 0.4) is 0 Å². The summed E-state index contributed by atoms with van der Waals surface area (Å²) in [6, 6.07) is 9.95. The lowest BCUT2D eigenvalue weighted by Crippen LogP contribution is -2.17. The van der Waals surface area contributed by atoms with Crippen LogP contribution in [0.25, 0.3) is 11.2 Å². The number of aromatic amines is 1.